The number of nitrogens with one attached hydrogen (secondary N) is 1. The van der Waals surface area contributed by atoms with Crippen molar-refractivity contribution in [3.05, 3.63) is 0 Å². The molecule has 10 atom stereocenters. The molecule has 0 aliphatic heterocycles. The highest BCUT2D eigenvalue weighted by Crippen LogP contribution is 2.69. The average Bonchev–Trinajstić information content (AvgIpc) is 3.13. The molecule has 0 aromatic rings. The fourth-order valence-electron chi connectivity index (χ4n) is 9.04. The molecule has 33 heavy (non-hydrogen) atoms. The number of carboxylic acid groups (broad SMARTS) is 1. The summed E-state index contributed by atoms with van der Waals surface area (Å²) >= 11 is 0. The number of hydrogen-bond acceptors (Lipinski definition) is 5. The summed E-state index contributed by atoms with van der Waals surface area (Å²) in [5.74, 6) is -0.389. The second kappa shape index (κ2) is 8.80. The van der Waals surface area contributed by atoms with Crippen molar-refractivity contribution >= 4 is 11.9 Å². The summed E-state index contributed by atoms with van der Waals surface area (Å²) in [4.78, 5) is 22.7. The number of carbonyl (C=O) groups excluding carboxylic acids is 1. The second-order valence-corrected chi connectivity index (χ2v) is 12.3. The van der Waals surface area contributed by atoms with E-state index < -0.39 is 17.7 Å². The van der Waals surface area contributed by atoms with Gasteiger partial charge in [-0.3, -0.25) is 9.59 Å². The number of hydrogen-bond donors (Lipinski definition) is 5. The molecule has 0 spiro atoms. The Hall–Kier alpha value is -1.18. The van der Waals surface area contributed by atoms with Crippen LogP contribution in [0.25, 0.3) is 0 Å². The van der Waals surface area contributed by atoms with Crippen LogP contribution < -0.4 is 5.32 Å². The summed E-state index contributed by atoms with van der Waals surface area (Å²) in [5.41, 5.74) is -1.21. The van der Waals surface area contributed by atoms with Crippen molar-refractivity contribution in [3.63, 3.8) is 0 Å². The predicted octanol–water partition coefficient (Wildman–Crippen LogP) is 2.71. The Bertz CT molecular complexity index is 774. The molecule has 4 rings (SSSR count). The molecule has 4 fully saturated rings. The van der Waals surface area contributed by atoms with Crippen LogP contribution in [0.2, 0.25) is 0 Å². The van der Waals surface area contributed by atoms with Crippen molar-refractivity contribution in [2.24, 2.45) is 40.4 Å². The molecule has 0 radical (unpaired) electrons. The van der Waals surface area contributed by atoms with Crippen molar-refractivity contribution in [2.45, 2.75) is 103 Å². The summed E-state index contributed by atoms with van der Waals surface area (Å²) in [7, 11) is 0. The van der Waals surface area contributed by atoms with E-state index in [-0.39, 0.29) is 59.5 Å². The van der Waals surface area contributed by atoms with E-state index >= 15 is 0 Å². The number of rotatable bonds is 6. The molecule has 4 saturated carbocycles. The lowest BCUT2D eigenvalue weighted by molar-refractivity contribution is -0.254. The molecule has 0 aromatic heterocycles. The number of aliphatic hydroxyl groups is 3. The molecule has 4 aliphatic carbocycles. The van der Waals surface area contributed by atoms with Gasteiger partial charge in [-0.2, -0.15) is 0 Å². The molecular formula is C26H43NO6. The van der Waals surface area contributed by atoms with Gasteiger partial charge in [0, 0.05) is 11.8 Å². The third-order valence-corrected chi connectivity index (χ3v) is 10.8. The summed E-state index contributed by atoms with van der Waals surface area (Å²) in [6, 6.07) is 0. The van der Waals surface area contributed by atoms with Crippen LogP contribution in [0, 0.1) is 40.4 Å². The van der Waals surface area contributed by atoms with Crippen molar-refractivity contribution in [3.8, 4) is 0 Å². The minimum Gasteiger partial charge on any atom is -0.480 e. The number of amides is 1. The Kier molecular flexibility index (Phi) is 6.64. The van der Waals surface area contributed by atoms with Gasteiger partial charge < -0.3 is 25.7 Å². The van der Waals surface area contributed by atoms with E-state index in [2.05, 4.69) is 26.1 Å². The molecule has 0 heterocycles. The topological polar surface area (TPSA) is 127 Å². The van der Waals surface area contributed by atoms with Gasteiger partial charge in [-0.15, -0.1) is 0 Å². The predicted molar refractivity (Wildman–Crippen MR) is 123 cm³/mol. The van der Waals surface area contributed by atoms with Crippen LogP contribution in [0.5, 0.6) is 0 Å². The highest BCUT2D eigenvalue weighted by atomic mass is 16.4. The fraction of sp³-hybridized carbons (Fsp3) is 0.923. The maximum Gasteiger partial charge on any atom is 0.322 e. The highest BCUT2D eigenvalue weighted by molar-refractivity contribution is 5.81. The van der Waals surface area contributed by atoms with Gasteiger partial charge in [0.1, 0.15) is 6.54 Å². The quantitative estimate of drug-likeness (QED) is 0.410. The molecule has 1 amide bonds. The largest absolute Gasteiger partial charge is 0.480 e. The van der Waals surface area contributed by atoms with Crippen molar-refractivity contribution in [1.82, 2.24) is 5.32 Å². The van der Waals surface area contributed by atoms with E-state index in [9.17, 15) is 24.9 Å². The van der Waals surface area contributed by atoms with Gasteiger partial charge >= 0.3 is 5.97 Å². The van der Waals surface area contributed by atoms with Crippen LogP contribution >= 0.6 is 0 Å². The molecule has 5 N–H and O–H groups in total. The van der Waals surface area contributed by atoms with Gasteiger partial charge in [0.25, 0.3) is 0 Å². The maximum atomic E-state index is 12.3. The van der Waals surface area contributed by atoms with Gasteiger partial charge in [0.05, 0.1) is 17.8 Å². The Morgan fingerprint density at radius 1 is 1.03 bits per heavy atom. The third kappa shape index (κ3) is 4.02. The van der Waals surface area contributed by atoms with Gasteiger partial charge in [-0.1, -0.05) is 20.8 Å². The van der Waals surface area contributed by atoms with E-state index in [1.165, 1.54) is 0 Å². The Morgan fingerprint density at radius 3 is 2.45 bits per heavy atom. The summed E-state index contributed by atoms with van der Waals surface area (Å²) < 4.78 is 0. The van der Waals surface area contributed by atoms with Gasteiger partial charge in [0.15, 0.2) is 0 Å². The van der Waals surface area contributed by atoms with Crippen LogP contribution in [-0.2, 0) is 9.59 Å². The molecule has 0 unspecified atom stereocenters. The number of aliphatic carboxylic acids is 1. The van der Waals surface area contributed by atoms with Crippen LogP contribution in [0.15, 0.2) is 0 Å². The lowest BCUT2D eigenvalue weighted by Crippen LogP contribution is -2.67. The molecule has 0 bridgehead atoms. The van der Waals surface area contributed by atoms with Crippen LogP contribution in [0.1, 0.15) is 85.0 Å². The van der Waals surface area contributed by atoms with Gasteiger partial charge in [-0.05, 0) is 92.8 Å². The van der Waals surface area contributed by atoms with E-state index in [1.807, 2.05) is 0 Å². The Labute approximate surface area is 197 Å². The molecular weight excluding hydrogens is 422 g/mol. The minimum absolute atomic E-state index is 0.0386. The van der Waals surface area contributed by atoms with Gasteiger partial charge in [0.2, 0.25) is 5.91 Å². The van der Waals surface area contributed by atoms with Gasteiger partial charge in [-0.25, -0.2) is 0 Å². The van der Waals surface area contributed by atoms with Crippen LogP contribution in [0.4, 0.5) is 0 Å². The first-order chi connectivity index (χ1) is 15.4. The third-order valence-electron chi connectivity index (χ3n) is 10.8. The standard InChI is InChI=1S/C26H43NO6/c1-15(4-7-22(30)27-14-23(31)32)18-5-6-19-25(18,3)21(29)13-20-24(2)10-9-17(28)12-16(24)8-11-26(19,20)33/h15-21,28-29,33H,4-14H2,1-3H3,(H,27,30)(H,31,32)/t15-,16-,17+,18+,19+,20-,21-,24-,25+,26-/m0/s1. The summed E-state index contributed by atoms with van der Waals surface area (Å²) in [5, 5.41) is 45.3. The molecule has 7 nitrogen and oxygen atoms in total. The van der Waals surface area contributed by atoms with Crippen molar-refractivity contribution < 1.29 is 30.0 Å². The molecule has 0 aromatic carbocycles. The average molecular weight is 466 g/mol. The normalized spacial score (nSPS) is 47.7. The summed E-state index contributed by atoms with van der Waals surface area (Å²) in [6.45, 7) is 6.22. The first kappa shape index (κ1) is 24.9. The number of aliphatic hydroxyl groups excluding tert-OH is 2. The first-order valence-electron chi connectivity index (χ1n) is 13.0. The maximum absolute atomic E-state index is 12.3. The lowest BCUT2D eigenvalue weighted by atomic mass is 9.42. The molecule has 4 aliphatic rings. The second-order valence-electron chi connectivity index (χ2n) is 12.3. The van der Waals surface area contributed by atoms with E-state index in [0.29, 0.717) is 18.8 Å². The van der Waals surface area contributed by atoms with Crippen molar-refractivity contribution in [1.29, 1.82) is 0 Å². The SMILES string of the molecule is C[C@@H](CCC(=O)NCC(=O)O)[C@H]1CC[C@H]2[C@@]3(O)CC[C@H]4C[C@H](O)CC[C@]4(C)[C@@H]3C[C@H](O)[C@]12C. The highest BCUT2D eigenvalue weighted by Gasteiger charge is 2.69. The van der Waals surface area contributed by atoms with Crippen LogP contribution in [-0.4, -0.2) is 56.7 Å². The molecule has 7 heteroatoms. The number of carbonyl (C=O) groups is 2. The lowest BCUT2D eigenvalue weighted by Gasteiger charge is -2.65. The Morgan fingerprint density at radius 2 is 1.76 bits per heavy atom. The summed E-state index contributed by atoms with van der Waals surface area (Å²) in [6.07, 6.45) is 6.80. The molecule has 0 saturated heterocycles. The van der Waals surface area contributed by atoms with Crippen molar-refractivity contribution in [2.75, 3.05) is 6.54 Å². The van der Waals surface area contributed by atoms with E-state index in [4.69, 9.17) is 5.11 Å². The number of carboxylic acids is 1. The monoisotopic (exact) mass is 465 g/mol. The molecule has 188 valence electrons. The smallest absolute Gasteiger partial charge is 0.322 e. The zero-order valence-corrected chi connectivity index (χ0v) is 20.4. The Balaban J connectivity index is 1.50. The zero-order valence-electron chi connectivity index (χ0n) is 20.4. The zero-order chi connectivity index (χ0) is 24.2. The van der Waals surface area contributed by atoms with E-state index in [0.717, 1.165) is 44.9 Å². The first-order valence-corrected chi connectivity index (χ1v) is 13.0. The van der Waals surface area contributed by atoms with E-state index in [1.54, 1.807) is 0 Å². The fourth-order valence-corrected chi connectivity index (χ4v) is 9.04. The number of fused-ring (bicyclic) bond motifs is 5. The van der Waals surface area contributed by atoms with Crippen LogP contribution in [0.3, 0.4) is 0 Å². The minimum atomic E-state index is -1.05.